The second-order valence-corrected chi connectivity index (χ2v) is 6.21. The van der Waals surface area contributed by atoms with Crippen LogP contribution in [0.1, 0.15) is 44.9 Å². The number of hydrogen-bond donors (Lipinski definition) is 2. The van der Waals surface area contributed by atoms with Crippen molar-refractivity contribution in [3.63, 3.8) is 0 Å². The van der Waals surface area contributed by atoms with E-state index in [0.29, 0.717) is 19.0 Å². The highest BCUT2D eigenvalue weighted by Crippen LogP contribution is 2.29. The van der Waals surface area contributed by atoms with Crippen LogP contribution in [-0.2, 0) is 4.79 Å². The van der Waals surface area contributed by atoms with Gasteiger partial charge < -0.3 is 10.6 Å². The molecule has 0 radical (unpaired) electrons. The van der Waals surface area contributed by atoms with Gasteiger partial charge in [-0.25, -0.2) is 4.79 Å². The molecule has 0 aromatic rings. The topological polar surface area (TPSA) is 61.4 Å². The van der Waals surface area contributed by atoms with Crippen LogP contribution in [0.5, 0.6) is 0 Å². The third-order valence-corrected chi connectivity index (χ3v) is 4.80. The third-order valence-electron chi connectivity index (χ3n) is 4.80. The van der Waals surface area contributed by atoms with Gasteiger partial charge in [0, 0.05) is 13.1 Å². The quantitative estimate of drug-likeness (QED) is 0.738. The van der Waals surface area contributed by atoms with E-state index < -0.39 is 5.54 Å². The van der Waals surface area contributed by atoms with E-state index in [4.69, 9.17) is 0 Å². The first kappa shape index (κ1) is 12.9. The molecule has 0 bridgehead atoms. The lowest BCUT2D eigenvalue weighted by Gasteiger charge is -2.31. The van der Waals surface area contributed by atoms with E-state index in [9.17, 15) is 9.59 Å². The molecule has 1 saturated carbocycles. The Kier molecular flexibility index (Phi) is 3.48. The van der Waals surface area contributed by atoms with Crippen LogP contribution in [0.2, 0.25) is 0 Å². The van der Waals surface area contributed by atoms with Crippen LogP contribution in [0, 0.1) is 5.92 Å². The van der Waals surface area contributed by atoms with Crippen LogP contribution >= 0.6 is 0 Å². The number of piperidine rings is 1. The maximum Gasteiger partial charge on any atom is 0.325 e. The van der Waals surface area contributed by atoms with E-state index in [1.165, 1.54) is 24.2 Å². The van der Waals surface area contributed by atoms with Gasteiger partial charge in [-0.3, -0.25) is 9.69 Å². The van der Waals surface area contributed by atoms with Gasteiger partial charge in [0.25, 0.3) is 5.91 Å². The molecular formula is C14H23N3O2. The summed E-state index contributed by atoms with van der Waals surface area (Å²) in [6.07, 6.45) is 7.80. The molecule has 5 nitrogen and oxygen atoms in total. The molecule has 0 aromatic heterocycles. The molecule has 106 valence electrons. The molecule has 2 saturated heterocycles. The minimum absolute atomic E-state index is 0.00438. The number of carbonyl (C=O) groups excluding carboxylic acids is 2. The highest BCUT2D eigenvalue weighted by Gasteiger charge is 2.51. The zero-order valence-corrected chi connectivity index (χ0v) is 11.4. The summed E-state index contributed by atoms with van der Waals surface area (Å²) in [4.78, 5) is 26.1. The lowest BCUT2D eigenvalue weighted by molar-refractivity contribution is -0.132. The molecule has 1 atom stereocenters. The van der Waals surface area contributed by atoms with Crippen molar-refractivity contribution in [3.05, 3.63) is 0 Å². The standard InChI is InChI=1S/C14H23N3O2/c18-12-14(7-4-8-15-10-14)16-13(19)17(12)9-11-5-2-1-3-6-11/h11,15H,1-10H2,(H,16,19). The number of rotatable bonds is 2. The Labute approximate surface area is 114 Å². The zero-order valence-electron chi connectivity index (χ0n) is 11.4. The molecule has 1 aliphatic carbocycles. The van der Waals surface area contributed by atoms with Crippen molar-refractivity contribution in [2.75, 3.05) is 19.6 Å². The van der Waals surface area contributed by atoms with Gasteiger partial charge >= 0.3 is 6.03 Å². The summed E-state index contributed by atoms with van der Waals surface area (Å²) in [6, 6.07) is -0.181. The Morgan fingerprint density at radius 1 is 1.16 bits per heavy atom. The number of nitrogens with one attached hydrogen (secondary N) is 2. The van der Waals surface area contributed by atoms with Gasteiger partial charge in [0.2, 0.25) is 0 Å². The predicted molar refractivity (Wildman–Crippen MR) is 71.7 cm³/mol. The van der Waals surface area contributed by atoms with Gasteiger partial charge in [-0.15, -0.1) is 0 Å². The van der Waals surface area contributed by atoms with Crippen molar-refractivity contribution < 1.29 is 9.59 Å². The van der Waals surface area contributed by atoms with Crippen molar-refractivity contribution >= 4 is 11.9 Å². The first-order valence-electron chi connectivity index (χ1n) is 7.56. The number of nitrogens with zero attached hydrogens (tertiary/aromatic N) is 1. The van der Waals surface area contributed by atoms with Gasteiger partial charge in [0.15, 0.2) is 0 Å². The fourth-order valence-corrected chi connectivity index (χ4v) is 3.66. The Bertz CT molecular complexity index is 371. The van der Waals surface area contributed by atoms with Crippen LogP contribution in [-0.4, -0.2) is 42.0 Å². The van der Waals surface area contributed by atoms with Gasteiger partial charge in [-0.2, -0.15) is 0 Å². The molecule has 3 fully saturated rings. The van der Waals surface area contributed by atoms with E-state index in [2.05, 4.69) is 10.6 Å². The smallest absolute Gasteiger partial charge is 0.322 e. The summed E-state index contributed by atoms with van der Waals surface area (Å²) >= 11 is 0. The van der Waals surface area contributed by atoms with Gasteiger partial charge in [0.05, 0.1) is 0 Å². The van der Waals surface area contributed by atoms with E-state index in [1.807, 2.05) is 0 Å². The molecule has 2 heterocycles. The Morgan fingerprint density at radius 2 is 1.95 bits per heavy atom. The largest absolute Gasteiger partial charge is 0.325 e. The van der Waals surface area contributed by atoms with Crippen molar-refractivity contribution in [2.45, 2.75) is 50.5 Å². The molecule has 2 N–H and O–H groups in total. The summed E-state index contributed by atoms with van der Waals surface area (Å²) in [5.74, 6) is 0.505. The maximum absolute atomic E-state index is 12.6. The zero-order chi connectivity index (χ0) is 13.3. The van der Waals surface area contributed by atoms with E-state index in [1.54, 1.807) is 0 Å². The number of urea groups is 1. The molecule has 5 heteroatoms. The van der Waals surface area contributed by atoms with Crippen LogP contribution in [0.25, 0.3) is 0 Å². The summed E-state index contributed by atoms with van der Waals surface area (Å²) in [7, 11) is 0. The minimum atomic E-state index is -0.649. The highest BCUT2D eigenvalue weighted by atomic mass is 16.2. The lowest BCUT2D eigenvalue weighted by atomic mass is 9.87. The Hall–Kier alpha value is -1.10. The molecule has 3 amide bonds. The summed E-state index contributed by atoms with van der Waals surface area (Å²) in [6.45, 7) is 2.14. The maximum atomic E-state index is 12.6. The van der Waals surface area contributed by atoms with Crippen molar-refractivity contribution in [3.8, 4) is 0 Å². The van der Waals surface area contributed by atoms with Crippen molar-refractivity contribution in [2.24, 2.45) is 5.92 Å². The lowest BCUT2D eigenvalue weighted by Crippen LogP contribution is -2.57. The molecule has 1 unspecified atom stereocenters. The first-order chi connectivity index (χ1) is 9.21. The van der Waals surface area contributed by atoms with E-state index in [0.717, 1.165) is 32.2 Å². The summed E-state index contributed by atoms with van der Waals surface area (Å²) in [5.41, 5.74) is -0.649. The van der Waals surface area contributed by atoms with Crippen LogP contribution < -0.4 is 10.6 Å². The number of imide groups is 1. The Balaban J connectivity index is 1.68. The summed E-state index contributed by atoms with van der Waals surface area (Å²) in [5, 5.41) is 6.16. The van der Waals surface area contributed by atoms with Crippen molar-refractivity contribution in [1.29, 1.82) is 0 Å². The van der Waals surface area contributed by atoms with Crippen LogP contribution in [0.15, 0.2) is 0 Å². The molecule has 19 heavy (non-hydrogen) atoms. The molecule has 3 aliphatic rings. The van der Waals surface area contributed by atoms with Gasteiger partial charge in [0.1, 0.15) is 5.54 Å². The summed E-state index contributed by atoms with van der Waals surface area (Å²) < 4.78 is 0. The number of carbonyl (C=O) groups is 2. The van der Waals surface area contributed by atoms with E-state index in [-0.39, 0.29) is 11.9 Å². The molecule has 2 aliphatic heterocycles. The van der Waals surface area contributed by atoms with Crippen molar-refractivity contribution in [1.82, 2.24) is 15.5 Å². The molecule has 0 aromatic carbocycles. The molecule has 1 spiro atoms. The van der Waals surface area contributed by atoms with Gasteiger partial charge in [-0.05, 0) is 38.1 Å². The normalized spacial score (nSPS) is 32.9. The predicted octanol–water partition coefficient (Wildman–Crippen LogP) is 1.24. The monoisotopic (exact) mass is 265 g/mol. The minimum Gasteiger partial charge on any atom is -0.322 e. The van der Waals surface area contributed by atoms with Crippen LogP contribution in [0.4, 0.5) is 4.79 Å². The van der Waals surface area contributed by atoms with Gasteiger partial charge in [-0.1, -0.05) is 19.3 Å². The second-order valence-electron chi connectivity index (χ2n) is 6.21. The number of amides is 3. The average molecular weight is 265 g/mol. The first-order valence-corrected chi connectivity index (χ1v) is 7.56. The van der Waals surface area contributed by atoms with E-state index >= 15 is 0 Å². The fraction of sp³-hybridized carbons (Fsp3) is 0.857. The number of hydrogen-bond acceptors (Lipinski definition) is 3. The SMILES string of the molecule is O=C1NC2(CCCNC2)C(=O)N1CC1CCCCC1. The highest BCUT2D eigenvalue weighted by molar-refractivity contribution is 6.07. The molecule has 3 rings (SSSR count). The van der Waals surface area contributed by atoms with Crippen LogP contribution in [0.3, 0.4) is 0 Å². The molecular weight excluding hydrogens is 242 g/mol. The Morgan fingerprint density at radius 3 is 2.63 bits per heavy atom. The second kappa shape index (κ2) is 5.12. The average Bonchev–Trinajstić information content (AvgIpc) is 2.66. The fourth-order valence-electron chi connectivity index (χ4n) is 3.66. The third kappa shape index (κ3) is 2.36.